The minimum absolute atomic E-state index is 0.203. The molecule has 0 radical (unpaired) electrons. The summed E-state index contributed by atoms with van der Waals surface area (Å²) in [5.41, 5.74) is 3.72. The molecule has 28 heavy (non-hydrogen) atoms. The maximum Gasteiger partial charge on any atom is 0.123 e. The molecule has 5 nitrogen and oxygen atoms in total. The standard InChI is InChI=1S/C23H30N2O3/c1-17-10-19-11-22(26-2)20(12-23(19)28-17)13-24-14-21-16-25(8-9-27-21)15-18-6-4-3-5-7-18/h3-7,11-12,17,21,24H,8-10,13-16H2,1-2H3/t17-,21+/m1/s1. The van der Waals surface area contributed by atoms with Crippen molar-refractivity contribution in [3.05, 3.63) is 59.2 Å². The first-order valence-electron chi connectivity index (χ1n) is 10.2. The van der Waals surface area contributed by atoms with Gasteiger partial charge in [0.1, 0.15) is 17.6 Å². The Bertz CT molecular complexity index is 781. The number of methoxy groups -OCH3 is 1. The minimum Gasteiger partial charge on any atom is -0.496 e. The summed E-state index contributed by atoms with van der Waals surface area (Å²) >= 11 is 0. The Balaban J connectivity index is 1.30. The highest BCUT2D eigenvalue weighted by Crippen LogP contribution is 2.34. The lowest BCUT2D eigenvalue weighted by Crippen LogP contribution is -2.46. The zero-order valence-electron chi connectivity index (χ0n) is 16.8. The summed E-state index contributed by atoms with van der Waals surface area (Å²) < 4.78 is 17.5. The molecular weight excluding hydrogens is 352 g/mol. The lowest BCUT2D eigenvalue weighted by atomic mass is 10.1. The molecule has 0 spiro atoms. The van der Waals surface area contributed by atoms with Crippen LogP contribution in [0.1, 0.15) is 23.6 Å². The number of benzene rings is 2. The molecule has 0 bridgehead atoms. The van der Waals surface area contributed by atoms with Crippen LogP contribution in [0.5, 0.6) is 11.5 Å². The number of nitrogens with one attached hydrogen (secondary N) is 1. The van der Waals surface area contributed by atoms with Gasteiger partial charge in [-0.05, 0) is 24.6 Å². The van der Waals surface area contributed by atoms with Crippen LogP contribution >= 0.6 is 0 Å². The van der Waals surface area contributed by atoms with E-state index in [-0.39, 0.29) is 12.2 Å². The maximum atomic E-state index is 5.97. The third kappa shape index (κ3) is 4.66. The number of ether oxygens (including phenoxy) is 3. The molecular formula is C23H30N2O3. The molecule has 2 aromatic carbocycles. The van der Waals surface area contributed by atoms with E-state index in [0.29, 0.717) is 0 Å². The fourth-order valence-electron chi connectivity index (χ4n) is 4.07. The van der Waals surface area contributed by atoms with Gasteiger partial charge in [-0.1, -0.05) is 30.3 Å². The Labute approximate surface area is 167 Å². The van der Waals surface area contributed by atoms with Gasteiger partial charge in [0.15, 0.2) is 0 Å². The van der Waals surface area contributed by atoms with E-state index in [9.17, 15) is 0 Å². The molecule has 2 aliphatic heterocycles. The Morgan fingerprint density at radius 2 is 2.07 bits per heavy atom. The average Bonchev–Trinajstić information content (AvgIpc) is 3.07. The van der Waals surface area contributed by atoms with E-state index in [1.54, 1.807) is 7.11 Å². The summed E-state index contributed by atoms with van der Waals surface area (Å²) in [6.07, 6.45) is 1.40. The molecule has 2 aliphatic rings. The van der Waals surface area contributed by atoms with Crippen LogP contribution in [0.15, 0.2) is 42.5 Å². The highest BCUT2D eigenvalue weighted by molar-refractivity contribution is 5.48. The number of fused-ring (bicyclic) bond motifs is 1. The van der Waals surface area contributed by atoms with Crippen molar-refractivity contribution in [1.82, 2.24) is 10.2 Å². The fourth-order valence-corrected chi connectivity index (χ4v) is 4.07. The monoisotopic (exact) mass is 382 g/mol. The smallest absolute Gasteiger partial charge is 0.123 e. The summed E-state index contributed by atoms with van der Waals surface area (Å²) in [5.74, 6) is 1.92. The van der Waals surface area contributed by atoms with Crippen LogP contribution in [0.25, 0.3) is 0 Å². The number of hydrogen-bond acceptors (Lipinski definition) is 5. The molecule has 0 aliphatic carbocycles. The van der Waals surface area contributed by atoms with E-state index < -0.39 is 0 Å². The van der Waals surface area contributed by atoms with Crippen LogP contribution in [0.3, 0.4) is 0 Å². The third-order valence-electron chi connectivity index (χ3n) is 5.46. The summed E-state index contributed by atoms with van der Waals surface area (Å²) in [6, 6.07) is 14.9. The molecule has 0 amide bonds. The Morgan fingerprint density at radius 1 is 1.21 bits per heavy atom. The van der Waals surface area contributed by atoms with Crippen LogP contribution in [-0.4, -0.2) is 50.5 Å². The maximum absolute atomic E-state index is 5.97. The Morgan fingerprint density at radius 3 is 2.89 bits per heavy atom. The molecule has 150 valence electrons. The average molecular weight is 383 g/mol. The van der Waals surface area contributed by atoms with E-state index in [1.807, 2.05) is 0 Å². The molecule has 2 aromatic rings. The van der Waals surface area contributed by atoms with Crippen LogP contribution in [0, 0.1) is 0 Å². The van der Waals surface area contributed by atoms with Crippen molar-refractivity contribution in [3.8, 4) is 11.5 Å². The molecule has 4 rings (SSSR count). The summed E-state index contributed by atoms with van der Waals surface area (Å²) in [5, 5.41) is 3.55. The highest BCUT2D eigenvalue weighted by Gasteiger charge is 2.23. The predicted octanol–water partition coefficient (Wildman–Crippen LogP) is 3.01. The van der Waals surface area contributed by atoms with Crippen molar-refractivity contribution in [3.63, 3.8) is 0 Å². The highest BCUT2D eigenvalue weighted by atomic mass is 16.5. The molecule has 1 saturated heterocycles. The number of rotatable bonds is 7. The molecule has 0 unspecified atom stereocenters. The second kappa shape index (κ2) is 8.95. The first-order valence-corrected chi connectivity index (χ1v) is 10.2. The van der Waals surface area contributed by atoms with E-state index in [1.165, 1.54) is 11.1 Å². The molecule has 0 aromatic heterocycles. The van der Waals surface area contributed by atoms with E-state index >= 15 is 0 Å². The van der Waals surface area contributed by atoms with E-state index in [4.69, 9.17) is 14.2 Å². The van der Waals surface area contributed by atoms with Crippen LogP contribution in [-0.2, 0) is 24.2 Å². The van der Waals surface area contributed by atoms with Crippen molar-refractivity contribution < 1.29 is 14.2 Å². The second-order valence-electron chi connectivity index (χ2n) is 7.75. The molecule has 1 N–H and O–H groups in total. The van der Waals surface area contributed by atoms with Crippen molar-refractivity contribution in [2.24, 2.45) is 0 Å². The minimum atomic E-state index is 0.203. The molecule has 1 fully saturated rings. The zero-order valence-corrected chi connectivity index (χ0v) is 16.8. The summed E-state index contributed by atoms with van der Waals surface area (Å²) in [7, 11) is 1.73. The van der Waals surface area contributed by atoms with Gasteiger partial charge in [-0.25, -0.2) is 0 Å². The van der Waals surface area contributed by atoms with Crippen molar-refractivity contribution in [1.29, 1.82) is 0 Å². The van der Waals surface area contributed by atoms with E-state index in [2.05, 4.69) is 59.6 Å². The first-order chi connectivity index (χ1) is 13.7. The fraction of sp³-hybridized carbons (Fsp3) is 0.478. The number of hydrogen-bond donors (Lipinski definition) is 1. The van der Waals surface area contributed by atoms with Crippen molar-refractivity contribution in [2.75, 3.05) is 33.4 Å². The SMILES string of the molecule is COc1cc2c(cc1CNC[C@H]1CN(Cc3ccccc3)CCO1)O[C@H](C)C2. The van der Waals surface area contributed by atoms with Crippen molar-refractivity contribution >= 4 is 0 Å². The predicted molar refractivity (Wildman–Crippen MR) is 110 cm³/mol. The first kappa shape index (κ1) is 19.2. The van der Waals surface area contributed by atoms with Gasteiger partial charge in [0.25, 0.3) is 0 Å². The van der Waals surface area contributed by atoms with Crippen LogP contribution in [0.4, 0.5) is 0 Å². The zero-order chi connectivity index (χ0) is 19.3. The Kier molecular flexibility index (Phi) is 6.15. The summed E-state index contributed by atoms with van der Waals surface area (Å²) in [4.78, 5) is 2.47. The molecule has 0 saturated carbocycles. The van der Waals surface area contributed by atoms with Gasteiger partial charge >= 0.3 is 0 Å². The van der Waals surface area contributed by atoms with E-state index in [0.717, 1.165) is 62.8 Å². The van der Waals surface area contributed by atoms with Gasteiger partial charge in [0.2, 0.25) is 0 Å². The largest absolute Gasteiger partial charge is 0.496 e. The number of nitrogens with zero attached hydrogens (tertiary/aromatic N) is 1. The molecule has 2 heterocycles. The van der Waals surface area contributed by atoms with Gasteiger partial charge in [0.05, 0.1) is 19.8 Å². The normalized spacial score (nSPS) is 21.9. The second-order valence-corrected chi connectivity index (χ2v) is 7.75. The van der Waals surface area contributed by atoms with Gasteiger partial charge in [0, 0.05) is 50.3 Å². The van der Waals surface area contributed by atoms with Crippen LogP contribution in [0.2, 0.25) is 0 Å². The molecule has 5 heteroatoms. The third-order valence-corrected chi connectivity index (χ3v) is 5.46. The Hall–Kier alpha value is -2.08. The lowest BCUT2D eigenvalue weighted by Gasteiger charge is -2.33. The van der Waals surface area contributed by atoms with Gasteiger partial charge in [-0.3, -0.25) is 4.90 Å². The van der Waals surface area contributed by atoms with Crippen molar-refractivity contribution in [2.45, 2.75) is 38.6 Å². The van der Waals surface area contributed by atoms with Crippen LogP contribution < -0.4 is 14.8 Å². The lowest BCUT2D eigenvalue weighted by molar-refractivity contribution is -0.0300. The topological polar surface area (TPSA) is 43.0 Å². The quantitative estimate of drug-likeness (QED) is 0.797. The van der Waals surface area contributed by atoms with Gasteiger partial charge in [-0.15, -0.1) is 0 Å². The summed E-state index contributed by atoms with van der Waals surface area (Å²) in [6.45, 7) is 7.37. The molecule has 2 atom stereocenters. The number of morpholine rings is 1. The van der Waals surface area contributed by atoms with Gasteiger partial charge in [-0.2, -0.15) is 0 Å². The van der Waals surface area contributed by atoms with Gasteiger partial charge < -0.3 is 19.5 Å².